The van der Waals surface area contributed by atoms with E-state index in [9.17, 15) is 0 Å². The van der Waals surface area contributed by atoms with Gasteiger partial charge in [-0.2, -0.15) is 0 Å². The van der Waals surface area contributed by atoms with Crippen LogP contribution < -0.4 is 5.73 Å². The molecule has 0 saturated carbocycles. The van der Waals surface area contributed by atoms with Crippen LogP contribution in [0.3, 0.4) is 0 Å². The number of hydrogen-bond donors (Lipinski definition) is 1. The van der Waals surface area contributed by atoms with Crippen LogP contribution in [0.4, 0.5) is 0 Å². The molecule has 0 bridgehead atoms. The maximum Gasteiger partial charge on any atom is 0.118 e. The Bertz CT molecular complexity index is 245. The van der Waals surface area contributed by atoms with Gasteiger partial charge in [0.1, 0.15) is 5.76 Å². The molecule has 2 N–H and O–H groups in total. The van der Waals surface area contributed by atoms with E-state index in [2.05, 4.69) is 20.8 Å². The first-order valence-corrected chi connectivity index (χ1v) is 4.86. The number of ether oxygens (including phenoxy) is 1. The summed E-state index contributed by atoms with van der Waals surface area (Å²) < 4.78 is 5.22. The molecule has 0 atom stereocenters. The van der Waals surface area contributed by atoms with Crippen molar-refractivity contribution in [1.29, 1.82) is 0 Å². The molecule has 0 unspecified atom stereocenters. The third-order valence-corrected chi connectivity index (χ3v) is 1.74. The molecule has 0 spiro atoms. The summed E-state index contributed by atoms with van der Waals surface area (Å²) in [6.45, 7) is 6.85. The quantitative estimate of drug-likeness (QED) is 0.541. The number of rotatable bonds is 5. The summed E-state index contributed by atoms with van der Waals surface area (Å²) >= 11 is 0. The lowest BCUT2D eigenvalue weighted by molar-refractivity contribution is 0.306. The predicted octanol–water partition coefficient (Wildman–Crippen LogP) is 2.78. The normalized spacial score (nSPS) is 12.6. The summed E-state index contributed by atoms with van der Waals surface area (Å²) in [6, 6.07) is 0. The predicted molar refractivity (Wildman–Crippen MR) is 62.0 cm³/mol. The summed E-state index contributed by atoms with van der Waals surface area (Å²) in [6.07, 6.45) is 6.93. The van der Waals surface area contributed by atoms with Crippen molar-refractivity contribution in [1.82, 2.24) is 0 Å². The zero-order chi connectivity index (χ0) is 11.0. The molecule has 80 valence electrons. The van der Waals surface area contributed by atoms with Crippen LogP contribution in [0.25, 0.3) is 0 Å². The third-order valence-electron chi connectivity index (χ3n) is 1.74. The average molecular weight is 195 g/mol. The van der Waals surface area contributed by atoms with Crippen LogP contribution in [-0.4, -0.2) is 13.7 Å². The first-order chi connectivity index (χ1) is 6.60. The highest BCUT2D eigenvalue weighted by Gasteiger charge is 1.92. The Balaban J connectivity index is 4.49. The van der Waals surface area contributed by atoms with Crippen LogP contribution in [0.2, 0.25) is 0 Å². The van der Waals surface area contributed by atoms with Gasteiger partial charge in [-0.3, -0.25) is 0 Å². The van der Waals surface area contributed by atoms with Gasteiger partial charge in [0.2, 0.25) is 0 Å². The highest BCUT2D eigenvalue weighted by Crippen LogP contribution is 2.07. The van der Waals surface area contributed by atoms with E-state index in [1.54, 1.807) is 7.11 Å². The van der Waals surface area contributed by atoms with Crippen molar-refractivity contribution in [3.8, 4) is 0 Å². The summed E-state index contributed by atoms with van der Waals surface area (Å²) in [5.74, 6) is 0.872. The number of methoxy groups -OCH3 is 1. The van der Waals surface area contributed by atoms with E-state index in [4.69, 9.17) is 10.5 Å². The molecule has 0 saturated heterocycles. The molecule has 14 heavy (non-hydrogen) atoms. The van der Waals surface area contributed by atoms with Crippen LogP contribution in [0.1, 0.15) is 27.2 Å². The van der Waals surface area contributed by atoms with Gasteiger partial charge in [-0.05, 0) is 45.9 Å². The van der Waals surface area contributed by atoms with E-state index in [0.29, 0.717) is 6.54 Å². The fourth-order valence-electron chi connectivity index (χ4n) is 0.967. The van der Waals surface area contributed by atoms with Crippen LogP contribution in [-0.2, 0) is 4.74 Å². The monoisotopic (exact) mass is 195 g/mol. The Hall–Kier alpha value is -1.02. The van der Waals surface area contributed by atoms with Crippen LogP contribution in [0.15, 0.2) is 35.1 Å². The Labute approximate surface area is 87.1 Å². The zero-order valence-electron chi connectivity index (χ0n) is 9.63. The Kier molecular flexibility index (Phi) is 6.85. The Morgan fingerprint density at radius 1 is 1.21 bits per heavy atom. The molecule has 0 aliphatic rings. The van der Waals surface area contributed by atoms with Crippen LogP contribution in [0.5, 0.6) is 0 Å². The van der Waals surface area contributed by atoms with Gasteiger partial charge in [-0.25, -0.2) is 0 Å². The molecule has 0 amide bonds. The van der Waals surface area contributed by atoms with Gasteiger partial charge in [0.05, 0.1) is 7.11 Å². The molecule has 0 aromatic carbocycles. The maximum atomic E-state index is 5.46. The lowest BCUT2D eigenvalue weighted by Crippen LogP contribution is -1.99. The van der Waals surface area contributed by atoms with E-state index in [1.165, 1.54) is 11.1 Å². The first kappa shape index (κ1) is 13.0. The molecular formula is C12H21NO. The standard InChI is InChI=1S/C12H21NO/c1-10(2)5-6-12(14-4)9-11(3)7-8-13/h5-6,9H,7-8,13H2,1-4H3. The van der Waals surface area contributed by atoms with Gasteiger partial charge in [0.25, 0.3) is 0 Å². The molecule has 0 fully saturated rings. The summed E-state index contributed by atoms with van der Waals surface area (Å²) in [5.41, 5.74) is 7.95. The van der Waals surface area contributed by atoms with Crippen molar-refractivity contribution >= 4 is 0 Å². The number of allylic oxidation sites excluding steroid dienone is 4. The van der Waals surface area contributed by atoms with Gasteiger partial charge < -0.3 is 10.5 Å². The van der Waals surface area contributed by atoms with E-state index >= 15 is 0 Å². The van der Waals surface area contributed by atoms with E-state index in [-0.39, 0.29) is 0 Å². The zero-order valence-corrected chi connectivity index (χ0v) is 9.63. The molecule has 0 heterocycles. The molecule has 2 nitrogen and oxygen atoms in total. The number of hydrogen-bond acceptors (Lipinski definition) is 2. The van der Waals surface area contributed by atoms with Gasteiger partial charge in [0.15, 0.2) is 0 Å². The maximum absolute atomic E-state index is 5.46. The summed E-state index contributed by atoms with van der Waals surface area (Å²) in [5, 5.41) is 0. The van der Waals surface area contributed by atoms with E-state index < -0.39 is 0 Å². The fraction of sp³-hybridized carbons (Fsp3) is 0.500. The van der Waals surface area contributed by atoms with Crippen molar-refractivity contribution in [3.05, 3.63) is 35.1 Å². The van der Waals surface area contributed by atoms with Crippen LogP contribution in [0, 0.1) is 0 Å². The van der Waals surface area contributed by atoms with Crippen molar-refractivity contribution < 1.29 is 4.74 Å². The molecule has 0 aromatic heterocycles. The second kappa shape index (κ2) is 7.39. The topological polar surface area (TPSA) is 35.2 Å². The fourth-order valence-corrected chi connectivity index (χ4v) is 0.967. The second-order valence-electron chi connectivity index (χ2n) is 3.55. The van der Waals surface area contributed by atoms with Gasteiger partial charge >= 0.3 is 0 Å². The van der Waals surface area contributed by atoms with Gasteiger partial charge in [-0.1, -0.05) is 17.2 Å². The molecule has 0 rings (SSSR count). The van der Waals surface area contributed by atoms with Crippen molar-refractivity contribution in [2.45, 2.75) is 27.2 Å². The minimum absolute atomic E-state index is 0.683. The smallest absolute Gasteiger partial charge is 0.118 e. The largest absolute Gasteiger partial charge is 0.497 e. The molecule has 2 heteroatoms. The van der Waals surface area contributed by atoms with Gasteiger partial charge in [0, 0.05) is 0 Å². The van der Waals surface area contributed by atoms with Crippen molar-refractivity contribution in [2.75, 3.05) is 13.7 Å². The van der Waals surface area contributed by atoms with Crippen molar-refractivity contribution in [3.63, 3.8) is 0 Å². The Morgan fingerprint density at radius 3 is 2.29 bits per heavy atom. The highest BCUT2D eigenvalue weighted by atomic mass is 16.5. The summed E-state index contributed by atoms with van der Waals surface area (Å²) in [7, 11) is 1.68. The minimum atomic E-state index is 0.683. The first-order valence-electron chi connectivity index (χ1n) is 4.86. The van der Waals surface area contributed by atoms with Crippen LogP contribution >= 0.6 is 0 Å². The summed E-state index contributed by atoms with van der Waals surface area (Å²) in [4.78, 5) is 0. The third kappa shape index (κ3) is 6.49. The molecular weight excluding hydrogens is 174 g/mol. The molecule has 0 aliphatic heterocycles. The second-order valence-corrected chi connectivity index (χ2v) is 3.55. The molecule has 0 aliphatic carbocycles. The lowest BCUT2D eigenvalue weighted by Gasteiger charge is -2.02. The molecule has 0 radical (unpaired) electrons. The van der Waals surface area contributed by atoms with Crippen molar-refractivity contribution in [2.24, 2.45) is 5.73 Å². The Morgan fingerprint density at radius 2 is 1.86 bits per heavy atom. The minimum Gasteiger partial charge on any atom is -0.497 e. The lowest BCUT2D eigenvalue weighted by atomic mass is 10.2. The molecule has 0 aromatic rings. The highest BCUT2D eigenvalue weighted by molar-refractivity contribution is 5.23. The SMILES string of the molecule is COC(C=C(C)CCN)=CC=C(C)C. The number of nitrogens with two attached hydrogens (primary N) is 1. The average Bonchev–Trinajstić information content (AvgIpc) is 2.12. The van der Waals surface area contributed by atoms with E-state index in [0.717, 1.165) is 12.2 Å². The van der Waals surface area contributed by atoms with E-state index in [1.807, 2.05) is 18.2 Å². The van der Waals surface area contributed by atoms with Gasteiger partial charge in [-0.15, -0.1) is 0 Å².